The fourth-order valence-corrected chi connectivity index (χ4v) is 0.423. The van der Waals surface area contributed by atoms with E-state index in [0.717, 1.165) is 0 Å². The second-order valence-electron chi connectivity index (χ2n) is 0.885. The third-order valence-electron chi connectivity index (χ3n) is 0.400. The van der Waals surface area contributed by atoms with Crippen molar-refractivity contribution in [3.05, 3.63) is 12.3 Å². The molecule has 0 aliphatic heterocycles. The molecule has 0 bridgehead atoms. The fraction of sp³-hybridized carbons (Fsp3) is 0.200. The zero-order valence-corrected chi connectivity index (χ0v) is 7.10. The number of aliphatic imine (C=N–C) groups is 1. The normalized spacial score (nSPS) is 11.0. The molecule has 0 radical (unpaired) electrons. The summed E-state index contributed by atoms with van der Waals surface area (Å²) in [5, 5.41) is 0. The monoisotopic (exact) mass is 265 g/mol. The molecule has 0 heterocycles. The van der Waals surface area contributed by atoms with E-state index in [-0.39, 0.29) is 0 Å². The van der Waals surface area contributed by atoms with Crippen molar-refractivity contribution in [3.63, 3.8) is 0 Å². The van der Waals surface area contributed by atoms with Crippen LogP contribution in [0.15, 0.2) is 17.3 Å². The Morgan fingerprint density at radius 3 is 2.71 bits per heavy atom. The van der Waals surface area contributed by atoms with Gasteiger partial charge in [0.2, 0.25) is 0 Å². The second-order valence-corrected chi connectivity index (χ2v) is 1.86. The van der Waals surface area contributed by atoms with Crippen LogP contribution in [-0.4, -0.2) is 10.6 Å². The van der Waals surface area contributed by atoms with Gasteiger partial charge in [-0.15, -0.1) is 0 Å². The molecular weight excluding hydrogens is 258 g/mol. The van der Waals surface area contributed by atoms with E-state index in [1.165, 1.54) is 19.4 Å². The molecular formula is C5H7NW. The predicted molar refractivity (Wildman–Crippen MR) is 29.4 cm³/mol. The molecule has 0 spiro atoms. The van der Waals surface area contributed by atoms with Gasteiger partial charge in [0.05, 0.1) is 0 Å². The van der Waals surface area contributed by atoms with Gasteiger partial charge in [-0.25, -0.2) is 0 Å². The SMILES string of the molecule is CC=N/C=C\[CH]=[W]. The molecule has 0 aliphatic carbocycles. The van der Waals surface area contributed by atoms with Gasteiger partial charge in [-0.05, 0) is 0 Å². The Morgan fingerprint density at radius 1 is 1.57 bits per heavy atom. The maximum absolute atomic E-state index is 3.84. The van der Waals surface area contributed by atoms with Crippen LogP contribution in [0.4, 0.5) is 0 Å². The first-order valence-electron chi connectivity index (χ1n) is 2.00. The van der Waals surface area contributed by atoms with Crippen LogP contribution >= 0.6 is 0 Å². The van der Waals surface area contributed by atoms with Gasteiger partial charge in [0.1, 0.15) is 0 Å². The predicted octanol–water partition coefficient (Wildman–Crippen LogP) is 0.940. The van der Waals surface area contributed by atoms with Gasteiger partial charge in [-0.2, -0.15) is 0 Å². The van der Waals surface area contributed by atoms with Crippen LogP contribution in [-0.2, 0) is 19.4 Å². The molecule has 0 aromatic rings. The average Bonchev–Trinajstić information content (AvgIpc) is 1.69. The molecule has 1 nitrogen and oxygen atoms in total. The molecule has 0 aromatic carbocycles. The van der Waals surface area contributed by atoms with Crippen LogP contribution in [0.3, 0.4) is 0 Å². The molecule has 2 heteroatoms. The van der Waals surface area contributed by atoms with Gasteiger partial charge in [0.15, 0.2) is 0 Å². The van der Waals surface area contributed by atoms with Crippen LogP contribution in [0.25, 0.3) is 0 Å². The van der Waals surface area contributed by atoms with Gasteiger partial charge in [0, 0.05) is 0 Å². The quantitative estimate of drug-likeness (QED) is 0.659. The summed E-state index contributed by atoms with van der Waals surface area (Å²) in [4.78, 5) is 3.84. The van der Waals surface area contributed by atoms with Crippen LogP contribution < -0.4 is 0 Å². The summed E-state index contributed by atoms with van der Waals surface area (Å²) in [7, 11) is 0. The van der Waals surface area contributed by atoms with Crippen molar-refractivity contribution < 1.29 is 19.4 Å². The maximum atomic E-state index is 3.84. The molecule has 0 saturated heterocycles. The third-order valence-corrected chi connectivity index (χ3v) is 0.964. The zero-order valence-electron chi connectivity index (χ0n) is 4.16. The van der Waals surface area contributed by atoms with Crippen molar-refractivity contribution in [2.75, 3.05) is 0 Å². The Morgan fingerprint density at radius 2 is 2.29 bits per heavy atom. The van der Waals surface area contributed by atoms with Crippen LogP contribution in [0.5, 0.6) is 0 Å². The standard InChI is InChI=1S/C5H7N.W/c1-3-5-6-4-2;/h1,3-5H,2H3;/b5-3-,6-4?;. The van der Waals surface area contributed by atoms with Crippen molar-refractivity contribution in [2.24, 2.45) is 4.99 Å². The number of hydrogen-bond donors (Lipinski definition) is 0. The molecule has 0 atom stereocenters. The van der Waals surface area contributed by atoms with Crippen LogP contribution in [0.1, 0.15) is 6.92 Å². The van der Waals surface area contributed by atoms with E-state index in [2.05, 4.69) is 4.99 Å². The van der Waals surface area contributed by atoms with E-state index in [1.54, 1.807) is 12.4 Å². The van der Waals surface area contributed by atoms with Gasteiger partial charge < -0.3 is 0 Å². The number of rotatable bonds is 2. The van der Waals surface area contributed by atoms with Crippen LogP contribution in [0, 0.1) is 0 Å². The van der Waals surface area contributed by atoms with E-state index < -0.39 is 0 Å². The van der Waals surface area contributed by atoms with Crippen molar-refractivity contribution in [2.45, 2.75) is 6.92 Å². The first-order chi connectivity index (χ1) is 3.41. The molecule has 0 fully saturated rings. The molecule has 0 unspecified atom stereocenters. The Hall–Kier alpha value is -0.0317. The summed E-state index contributed by atoms with van der Waals surface area (Å²) in [5.74, 6) is 0. The molecule has 0 aromatic heterocycles. The summed E-state index contributed by atoms with van der Waals surface area (Å²) in [5.41, 5.74) is 0. The minimum atomic E-state index is 1.46. The molecule has 0 rings (SSSR count). The first kappa shape index (κ1) is 6.97. The van der Waals surface area contributed by atoms with Gasteiger partial charge in [-0.1, -0.05) is 0 Å². The van der Waals surface area contributed by atoms with Gasteiger partial charge in [-0.3, -0.25) is 0 Å². The van der Waals surface area contributed by atoms with Crippen molar-refractivity contribution in [1.82, 2.24) is 0 Å². The third kappa shape index (κ3) is 5.97. The second kappa shape index (κ2) is 5.97. The van der Waals surface area contributed by atoms with Crippen molar-refractivity contribution in [1.29, 1.82) is 0 Å². The van der Waals surface area contributed by atoms with Crippen molar-refractivity contribution in [3.8, 4) is 0 Å². The summed E-state index contributed by atoms with van der Waals surface area (Å²) >= 11 is 1.46. The number of hydrogen-bond acceptors (Lipinski definition) is 1. The Balaban J connectivity index is 3.27. The van der Waals surface area contributed by atoms with E-state index in [1.807, 2.05) is 17.4 Å². The number of allylic oxidation sites excluding steroid dienone is 1. The summed E-state index contributed by atoms with van der Waals surface area (Å²) in [6, 6.07) is 0. The Kier molecular flexibility index (Phi) is 5.94. The van der Waals surface area contributed by atoms with E-state index in [0.29, 0.717) is 0 Å². The average molecular weight is 265 g/mol. The fourth-order valence-electron chi connectivity index (χ4n) is 0.171. The molecule has 0 N–H and O–H groups in total. The Labute approximate surface area is 54.6 Å². The summed E-state index contributed by atoms with van der Waals surface area (Å²) < 4.78 is 2.02. The molecule has 0 saturated carbocycles. The molecule has 7 heavy (non-hydrogen) atoms. The molecule has 0 aliphatic rings. The van der Waals surface area contributed by atoms with Crippen molar-refractivity contribution >= 4 is 10.6 Å². The molecule has 38 valence electrons. The first-order valence-corrected chi connectivity index (χ1v) is 3.69. The van der Waals surface area contributed by atoms with Gasteiger partial charge in [0.25, 0.3) is 0 Å². The van der Waals surface area contributed by atoms with Gasteiger partial charge >= 0.3 is 54.2 Å². The number of nitrogens with zero attached hydrogens (tertiary/aromatic N) is 1. The van der Waals surface area contributed by atoms with E-state index >= 15 is 0 Å². The topological polar surface area (TPSA) is 12.4 Å². The summed E-state index contributed by atoms with van der Waals surface area (Å²) in [6.07, 6.45) is 5.46. The van der Waals surface area contributed by atoms with Crippen LogP contribution in [0.2, 0.25) is 0 Å². The van der Waals surface area contributed by atoms with E-state index in [4.69, 9.17) is 0 Å². The summed E-state index contributed by atoms with van der Waals surface area (Å²) in [6.45, 7) is 1.90. The minimum absolute atomic E-state index is 1.46. The zero-order chi connectivity index (χ0) is 5.54. The molecule has 0 amide bonds. The Bertz CT molecular complexity index is 94.3. The van der Waals surface area contributed by atoms with E-state index in [9.17, 15) is 0 Å².